The summed E-state index contributed by atoms with van der Waals surface area (Å²) in [7, 11) is -3.17. The highest BCUT2D eigenvalue weighted by Gasteiger charge is 2.43. The van der Waals surface area contributed by atoms with E-state index in [2.05, 4.69) is 11.4 Å². The van der Waals surface area contributed by atoms with Crippen LogP contribution in [0, 0.1) is 11.3 Å². The maximum Gasteiger partial charge on any atom is 0.251 e. The van der Waals surface area contributed by atoms with Crippen LogP contribution in [-0.4, -0.2) is 38.7 Å². The highest BCUT2D eigenvalue weighted by molar-refractivity contribution is 7.90. The molecule has 4 rings (SSSR count). The Morgan fingerprint density at radius 1 is 1.16 bits per heavy atom. The van der Waals surface area contributed by atoms with Crippen molar-refractivity contribution in [2.24, 2.45) is 0 Å². The van der Waals surface area contributed by atoms with Gasteiger partial charge >= 0.3 is 0 Å². The number of rotatable bonds is 4. The second-order valence-corrected chi connectivity index (χ2v) is 10.9. The van der Waals surface area contributed by atoms with Crippen LogP contribution < -0.4 is 5.32 Å². The van der Waals surface area contributed by atoms with Crippen LogP contribution in [0.25, 0.3) is 5.57 Å². The van der Waals surface area contributed by atoms with Crippen molar-refractivity contribution in [2.75, 3.05) is 18.6 Å². The average Bonchev–Trinajstić information content (AvgIpc) is 3.11. The molecule has 158 valence electrons. The third-order valence-corrected chi connectivity index (χ3v) is 7.06. The summed E-state index contributed by atoms with van der Waals surface area (Å²) >= 11 is 0. The van der Waals surface area contributed by atoms with Crippen LogP contribution in [-0.2, 0) is 21.7 Å². The molecule has 7 heteroatoms. The molecule has 1 N–H and O–H groups in total. The van der Waals surface area contributed by atoms with Gasteiger partial charge in [-0.1, -0.05) is 19.9 Å². The van der Waals surface area contributed by atoms with Gasteiger partial charge in [0.15, 0.2) is 5.78 Å². The van der Waals surface area contributed by atoms with Gasteiger partial charge in [0.25, 0.3) is 5.91 Å². The summed E-state index contributed by atoms with van der Waals surface area (Å²) in [6.07, 6.45) is 1.71. The summed E-state index contributed by atoms with van der Waals surface area (Å²) < 4.78 is 22.6. The molecule has 2 aliphatic rings. The number of allylic oxidation sites excluding steroid dienone is 2. The van der Waals surface area contributed by atoms with E-state index in [1.54, 1.807) is 24.3 Å². The predicted octanol–water partition coefficient (Wildman–Crippen LogP) is 2.82. The van der Waals surface area contributed by atoms with Crippen LogP contribution in [0.1, 0.15) is 56.8 Å². The number of carbonyl (C=O) groups excluding carboxylic acids is 2. The molecule has 6 nitrogen and oxygen atoms in total. The van der Waals surface area contributed by atoms with E-state index in [-0.39, 0.29) is 24.0 Å². The van der Waals surface area contributed by atoms with Gasteiger partial charge in [-0.05, 0) is 59.0 Å². The first kappa shape index (κ1) is 21.0. The smallest absolute Gasteiger partial charge is 0.251 e. The third kappa shape index (κ3) is 3.57. The topological polar surface area (TPSA) is 104 Å². The number of Topliss-reactive ketones (excluding diaryl/α,β-unsaturated/α-hetero) is 1. The molecule has 0 unspecified atom stereocenters. The summed E-state index contributed by atoms with van der Waals surface area (Å²) in [5.41, 5.74) is 5.35. The second kappa shape index (κ2) is 7.17. The molecule has 0 fully saturated rings. The molecule has 0 spiro atoms. The number of hydrogen-bond donors (Lipinski definition) is 1. The van der Waals surface area contributed by atoms with E-state index in [9.17, 15) is 23.3 Å². The lowest BCUT2D eigenvalue weighted by atomic mass is 9.68. The van der Waals surface area contributed by atoms with E-state index in [0.717, 1.165) is 28.5 Å². The van der Waals surface area contributed by atoms with E-state index < -0.39 is 15.3 Å². The first-order valence-electron chi connectivity index (χ1n) is 9.95. The molecular formula is C24H22N2O4S. The van der Waals surface area contributed by atoms with Crippen molar-refractivity contribution < 1.29 is 18.0 Å². The second-order valence-electron chi connectivity index (χ2n) is 8.61. The Morgan fingerprint density at radius 3 is 2.55 bits per heavy atom. The quantitative estimate of drug-likeness (QED) is 0.797. The van der Waals surface area contributed by atoms with Crippen LogP contribution in [0.15, 0.2) is 42.0 Å². The normalized spacial score (nSPS) is 16.3. The molecule has 0 heterocycles. The fourth-order valence-electron chi connectivity index (χ4n) is 4.44. The van der Waals surface area contributed by atoms with E-state index in [1.807, 2.05) is 26.0 Å². The van der Waals surface area contributed by atoms with E-state index >= 15 is 0 Å². The number of nitrogens with one attached hydrogen (secondary N) is 1. The maximum atomic E-state index is 13.4. The number of fused-ring (bicyclic) bond motifs is 3. The minimum Gasteiger partial charge on any atom is -0.351 e. The lowest BCUT2D eigenvalue weighted by molar-refractivity contribution is 0.0954. The Morgan fingerprint density at radius 2 is 1.87 bits per heavy atom. The van der Waals surface area contributed by atoms with Gasteiger partial charge in [-0.25, -0.2) is 8.42 Å². The first-order chi connectivity index (χ1) is 14.5. The van der Waals surface area contributed by atoms with Gasteiger partial charge in [-0.3, -0.25) is 9.59 Å². The number of ketones is 1. The van der Waals surface area contributed by atoms with E-state index in [1.165, 1.54) is 0 Å². The SMILES string of the molecule is CC1(C)C2=C(C(=O)c3ccc(C(=O)NCCS(C)(=O)=O)cc31)c1ccc(C#N)cc1C2. The molecule has 0 bridgehead atoms. The van der Waals surface area contributed by atoms with E-state index in [0.29, 0.717) is 28.7 Å². The van der Waals surface area contributed by atoms with Crippen molar-refractivity contribution >= 4 is 27.1 Å². The summed E-state index contributed by atoms with van der Waals surface area (Å²) in [6.45, 7) is 4.11. The zero-order chi connectivity index (χ0) is 22.6. The summed E-state index contributed by atoms with van der Waals surface area (Å²) in [5, 5.41) is 11.8. The van der Waals surface area contributed by atoms with Gasteiger partial charge in [-0.15, -0.1) is 0 Å². The summed E-state index contributed by atoms with van der Waals surface area (Å²) in [5.74, 6) is -0.577. The lowest BCUT2D eigenvalue weighted by Crippen LogP contribution is -2.32. The van der Waals surface area contributed by atoms with Crippen LogP contribution in [0.2, 0.25) is 0 Å². The molecule has 0 saturated carbocycles. The van der Waals surface area contributed by atoms with Crippen molar-refractivity contribution in [1.82, 2.24) is 5.32 Å². The van der Waals surface area contributed by atoms with Crippen LogP contribution in [0.5, 0.6) is 0 Å². The van der Waals surface area contributed by atoms with Gasteiger partial charge < -0.3 is 5.32 Å². The standard InChI is InChI=1S/C24H22N2O4S/c1-24(2)19-11-15(23(28)26-8-9-31(3,29)30)5-7-18(19)22(27)21-17-6-4-14(13-25)10-16(17)12-20(21)24/h4-7,10-11H,8-9,12H2,1-3H3,(H,26,28). The van der Waals surface area contributed by atoms with Crippen LogP contribution >= 0.6 is 0 Å². The molecule has 1 amide bonds. The Hall–Kier alpha value is -3.24. The minimum atomic E-state index is -3.17. The number of sulfone groups is 1. The summed E-state index contributed by atoms with van der Waals surface area (Å²) in [6, 6.07) is 12.6. The molecule has 0 aromatic heterocycles. The lowest BCUT2D eigenvalue weighted by Gasteiger charge is -2.34. The minimum absolute atomic E-state index is 0.0307. The number of nitriles is 1. The molecule has 2 aromatic rings. The monoisotopic (exact) mass is 434 g/mol. The summed E-state index contributed by atoms with van der Waals surface area (Å²) in [4.78, 5) is 25.9. The molecule has 0 aliphatic heterocycles. The number of nitrogens with zero attached hydrogens (tertiary/aromatic N) is 1. The maximum absolute atomic E-state index is 13.4. The van der Waals surface area contributed by atoms with Crippen molar-refractivity contribution in [2.45, 2.75) is 25.7 Å². The molecule has 2 aromatic carbocycles. The first-order valence-corrected chi connectivity index (χ1v) is 12.0. The molecule has 0 radical (unpaired) electrons. The van der Waals surface area contributed by atoms with Gasteiger partial charge in [0.2, 0.25) is 0 Å². The highest BCUT2D eigenvalue weighted by atomic mass is 32.2. The highest BCUT2D eigenvalue weighted by Crippen LogP contribution is 2.49. The third-order valence-electron chi connectivity index (χ3n) is 6.11. The molecular weight excluding hydrogens is 412 g/mol. The zero-order valence-electron chi connectivity index (χ0n) is 17.6. The Bertz CT molecular complexity index is 1330. The van der Waals surface area contributed by atoms with Gasteiger partial charge in [-0.2, -0.15) is 5.26 Å². The van der Waals surface area contributed by atoms with Crippen molar-refractivity contribution in [3.8, 4) is 6.07 Å². The average molecular weight is 435 g/mol. The molecule has 2 aliphatic carbocycles. The number of hydrogen-bond acceptors (Lipinski definition) is 5. The molecule has 31 heavy (non-hydrogen) atoms. The Labute approximate surface area is 181 Å². The van der Waals surface area contributed by atoms with E-state index in [4.69, 9.17) is 0 Å². The van der Waals surface area contributed by atoms with Crippen LogP contribution in [0.4, 0.5) is 0 Å². The fraction of sp³-hybridized carbons (Fsp3) is 0.292. The zero-order valence-corrected chi connectivity index (χ0v) is 18.4. The Kier molecular flexibility index (Phi) is 4.86. The van der Waals surface area contributed by atoms with Crippen molar-refractivity contribution in [3.05, 3.63) is 75.4 Å². The van der Waals surface area contributed by atoms with Crippen LogP contribution in [0.3, 0.4) is 0 Å². The van der Waals surface area contributed by atoms with Gasteiger partial charge in [0.05, 0.1) is 17.4 Å². The van der Waals surface area contributed by atoms with Crippen molar-refractivity contribution in [3.63, 3.8) is 0 Å². The number of carbonyl (C=O) groups is 2. The number of benzene rings is 2. The van der Waals surface area contributed by atoms with Crippen molar-refractivity contribution in [1.29, 1.82) is 5.26 Å². The predicted molar refractivity (Wildman–Crippen MR) is 118 cm³/mol. The molecule has 0 saturated heterocycles. The fourth-order valence-corrected chi connectivity index (χ4v) is 4.91. The van der Waals surface area contributed by atoms with Gasteiger partial charge in [0, 0.05) is 34.9 Å². The molecule has 0 atom stereocenters. The number of amides is 1. The van der Waals surface area contributed by atoms with Gasteiger partial charge in [0.1, 0.15) is 9.84 Å². The Balaban J connectivity index is 1.69. The largest absolute Gasteiger partial charge is 0.351 e.